The van der Waals surface area contributed by atoms with Crippen molar-refractivity contribution in [2.75, 3.05) is 26.3 Å². The number of allylic oxidation sites excluding steroid dienone is 4. The minimum atomic E-state index is -3.57. The van der Waals surface area contributed by atoms with E-state index >= 15 is 0 Å². The number of carbonyl (C=O) groups is 1. The molecule has 38 heavy (non-hydrogen) atoms. The number of carbonyl (C=O) groups excluding carboxylic acids is 1. The van der Waals surface area contributed by atoms with Crippen LogP contribution in [-0.4, -0.2) is 55.5 Å². The number of fused-ring (bicyclic) bond motifs is 4. The molecule has 4 aliphatic carbocycles. The van der Waals surface area contributed by atoms with Gasteiger partial charge in [0.25, 0.3) is 0 Å². The number of morpholine rings is 1. The molecule has 1 heterocycles. The molecular weight excluding hydrogens is 498 g/mol. The van der Waals surface area contributed by atoms with Gasteiger partial charge in [0.1, 0.15) is 5.60 Å². The van der Waals surface area contributed by atoms with Gasteiger partial charge >= 0.3 is 0 Å². The smallest absolute Gasteiger partial charge is 0.243 e. The van der Waals surface area contributed by atoms with Crippen LogP contribution in [0, 0.1) is 29.1 Å². The Balaban J connectivity index is 1.44. The molecule has 0 bridgehead atoms. The maximum atomic E-state index is 13.3. The van der Waals surface area contributed by atoms with Crippen molar-refractivity contribution in [3.05, 3.63) is 52.6 Å². The molecule has 7 heteroatoms. The van der Waals surface area contributed by atoms with Gasteiger partial charge in [-0.15, -0.1) is 5.92 Å². The largest absolute Gasteiger partial charge is 0.379 e. The van der Waals surface area contributed by atoms with Gasteiger partial charge in [-0.1, -0.05) is 30.6 Å². The highest BCUT2D eigenvalue weighted by atomic mass is 32.2. The van der Waals surface area contributed by atoms with E-state index in [1.54, 1.807) is 19.1 Å². The van der Waals surface area contributed by atoms with E-state index < -0.39 is 15.6 Å². The first-order valence-corrected chi connectivity index (χ1v) is 15.4. The van der Waals surface area contributed by atoms with Crippen molar-refractivity contribution < 1.29 is 23.1 Å². The van der Waals surface area contributed by atoms with E-state index in [2.05, 4.69) is 18.8 Å². The Hall–Kier alpha value is -2.24. The van der Waals surface area contributed by atoms with Crippen molar-refractivity contribution >= 4 is 15.8 Å². The Labute approximate surface area is 226 Å². The molecule has 202 valence electrons. The minimum Gasteiger partial charge on any atom is -0.379 e. The Morgan fingerprint density at radius 3 is 2.53 bits per heavy atom. The first kappa shape index (κ1) is 26.0. The fourth-order valence-electron chi connectivity index (χ4n) is 8.18. The summed E-state index contributed by atoms with van der Waals surface area (Å²) in [6.45, 7) is 5.59. The molecule has 5 atom stereocenters. The molecule has 0 unspecified atom stereocenters. The summed E-state index contributed by atoms with van der Waals surface area (Å²) in [5.74, 6) is 7.14. The molecule has 1 N–H and O–H groups in total. The Morgan fingerprint density at radius 1 is 1.08 bits per heavy atom. The van der Waals surface area contributed by atoms with Crippen LogP contribution in [0.2, 0.25) is 0 Å². The van der Waals surface area contributed by atoms with E-state index in [1.165, 1.54) is 21.0 Å². The van der Waals surface area contributed by atoms with E-state index in [4.69, 9.17) is 4.74 Å². The molecular formula is C31H37NO5S. The highest BCUT2D eigenvalue weighted by molar-refractivity contribution is 7.89. The molecule has 0 radical (unpaired) electrons. The van der Waals surface area contributed by atoms with Crippen LogP contribution >= 0.6 is 0 Å². The van der Waals surface area contributed by atoms with E-state index in [9.17, 15) is 18.3 Å². The average Bonchev–Trinajstić information content (AvgIpc) is 3.18. The van der Waals surface area contributed by atoms with Crippen LogP contribution in [0.4, 0.5) is 0 Å². The van der Waals surface area contributed by atoms with E-state index in [-0.39, 0.29) is 17.1 Å². The first-order valence-electron chi connectivity index (χ1n) is 14.0. The lowest BCUT2D eigenvalue weighted by atomic mass is 9.51. The lowest BCUT2D eigenvalue weighted by Crippen LogP contribution is -2.51. The molecule has 0 aromatic heterocycles. The van der Waals surface area contributed by atoms with E-state index in [0.717, 1.165) is 37.7 Å². The van der Waals surface area contributed by atoms with Gasteiger partial charge in [-0.05, 0) is 92.2 Å². The van der Waals surface area contributed by atoms with Crippen molar-refractivity contribution in [2.45, 2.75) is 75.2 Å². The molecule has 3 fully saturated rings. The molecule has 0 spiro atoms. The summed E-state index contributed by atoms with van der Waals surface area (Å²) in [6, 6.07) is 7.42. The number of ether oxygens (including phenoxy) is 1. The molecule has 6 nitrogen and oxygen atoms in total. The van der Waals surface area contributed by atoms with Gasteiger partial charge in [-0.3, -0.25) is 4.79 Å². The molecule has 1 aromatic rings. The lowest BCUT2D eigenvalue weighted by molar-refractivity contribution is -0.114. The SMILES string of the molecule is CC#C[C@]1(O)CC[C@H]2[C@@H]3CCC4=CC(=O)CCC4=C3[C@@H](c3ccc(S(=O)(=O)N4CCOCC4)cc3)C[C@@]21C. The summed E-state index contributed by atoms with van der Waals surface area (Å²) in [5.41, 5.74) is 3.65. The van der Waals surface area contributed by atoms with Crippen molar-refractivity contribution in [3.8, 4) is 11.8 Å². The van der Waals surface area contributed by atoms with Crippen molar-refractivity contribution in [1.29, 1.82) is 0 Å². The third kappa shape index (κ3) is 3.95. The zero-order chi connectivity index (χ0) is 26.7. The lowest BCUT2D eigenvalue weighted by Gasteiger charge is -2.53. The second-order valence-corrected chi connectivity index (χ2v) is 13.8. The van der Waals surface area contributed by atoms with E-state index in [1.807, 2.05) is 18.2 Å². The number of sulfonamides is 1. The summed E-state index contributed by atoms with van der Waals surface area (Å²) < 4.78 is 33.3. The maximum absolute atomic E-state index is 13.3. The fourth-order valence-corrected chi connectivity index (χ4v) is 9.59. The van der Waals surface area contributed by atoms with Crippen LogP contribution in [-0.2, 0) is 19.6 Å². The molecule has 1 saturated heterocycles. The van der Waals surface area contributed by atoms with Gasteiger partial charge < -0.3 is 9.84 Å². The molecule has 5 aliphatic rings. The monoisotopic (exact) mass is 535 g/mol. The molecule has 2 saturated carbocycles. The predicted octanol–water partition coefficient (Wildman–Crippen LogP) is 4.36. The van der Waals surface area contributed by atoms with Gasteiger partial charge in [-0.25, -0.2) is 8.42 Å². The Morgan fingerprint density at radius 2 is 1.82 bits per heavy atom. The fraction of sp³-hybridized carbons (Fsp3) is 0.581. The highest BCUT2D eigenvalue weighted by Gasteiger charge is 2.62. The molecule has 1 aliphatic heterocycles. The summed E-state index contributed by atoms with van der Waals surface area (Å²) in [7, 11) is -3.57. The van der Waals surface area contributed by atoms with E-state index in [0.29, 0.717) is 55.9 Å². The molecule has 1 aromatic carbocycles. The van der Waals surface area contributed by atoms with Gasteiger partial charge in [0.2, 0.25) is 10.0 Å². The van der Waals surface area contributed by atoms with Crippen molar-refractivity contribution in [3.63, 3.8) is 0 Å². The number of benzene rings is 1. The minimum absolute atomic E-state index is 0.0524. The number of hydrogen-bond donors (Lipinski definition) is 1. The van der Waals surface area contributed by atoms with Crippen LogP contribution in [0.5, 0.6) is 0 Å². The quantitative estimate of drug-likeness (QED) is 0.582. The normalized spacial score (nSPS) is 35.5. The van der Waals surface area contributed by atoms with Crippen LogP contribution in [0.3, 0.4) is 0 Å². The summed E-state index contributed by atoms with van der Waals surface area (Å²) in [6.07, 6.45) is 7.46. The third-order valence-electron chi connectivity index (χ3n) is 10.1. The predicted molar refractivity (Wildman–Crippen MR) is 145 cm³/mol. The Kier molecular flexibility index (Phi) is 6.47. The second kappa shape index (κ2) is 9.45. The number of aliphatic hydroxyl groups is 1. The standard InChI is InChI=1S/C31H37NO5S/c1-3-13-31(34)14-12-28-26-10-6-22-19-23(33)7-11-25(22)29(26)27(20-30(28,31)2)21-4-8-24(9-5-21)38(35,36)32-15-17-37-18-16-32/h4-5,8-9,19,26-28,34H,6-7,10-12,14-18,20H2,1-2H3/t26-,27+,28-,30-,31-/m0/s1. The van der Waals surface area contributed by atoms with Gasteiger partial charge in [0, 0.05) is 30.8 Å². The second-order valence-electron chi connectivity index (χ2n) is 11.9. The van der Waals surface area contributed by atoms with Crippen molar-refractivity contribution in [2.24, 2.45) is 17.3 Å². The summed E-state index contributed by atoms with van der Waals surface area (Å²) >= 11 is 0. The number of hydrogen-bond acceptors (Lipinski definition) is 5. The Bertz CT molecular complexity index is 1380. The third-order valence-corrected chi connectivity index (χ3v) is 12.0. The number of nitrogens with zero attached hydrogens (tertiary/aromatic N) is 1. The average molecular weight is 536 g/mol. The van der Waals surface area contributed by atoms with Crippen molar-refractivity contribution in [1.82, 2.24) is 4.31 Å². The number of rotatable bonds is 3. The molecule has 6 rings (SSSR count). The number of ketones is 1. The summed E-state index contributed by atoms with van der Waals surface area (Å²) in [4.78, 5) is 12.6. The van der Waals surface area contributed by atoms with Crippen LogP contribution < -0.4 is 0 Å². The van der Waals surface area contributed by atoms with Gasteiger partial charge in [0.05, 0.1) is 18.1 Å². The summed E-state index contributed by atoms with van der Waals surface area (Å²) in [5, 5.41) is 11.8. The van der Waals surface area contributed by atoms with Crippen LogP contribution in [0.25, 0.3) is 0 Å². The first-order chi connectivity index (χ1) is 18.2. The van der Waals surface area contributed by atoms with Gasteiger partial charge in [0.15, 0.2) is 5.78 Å². The van der Waals surface area contributed by atoms with Crippen LogP contribution in [0.15, 0.2) is 52.0 Å². The van der Waals surface area contributed by atoms with Crippen LogP contribution in [0.1, 0.15) is 70.3 Å². The maximum Gasteiger partial charge on any atom is 0.243 e. The zero-order valence-corrected chi connectivity index (χ0v) is 23.1. The topological polar surface area (TPSA) is 83.9 Å². The zero-order valence-electron chi connectivity index (χ0n) is 22.3. The molecule has 0 amide bonds. The van der Waals surface area contributed by atoms with Gasteiger partial charge in [-0.2, -0.15) is 4.31 Å². The highest BCUT2D eigenvalue weighted by Crippen LogP contribution is 2.66.